The maximum absolute atomic E-state index is 5.83. The fourth-order valence-corrected chi connectivity index (χ4v) is 2.76. The third-order valence-corrected chi connectivity index (χ3v) is 4.08. The number of nitrogens with two attached hydrogens (primary N) is 1. The second-order valence-corrected chi connectivity index (χ2v) is 5.88. The molecule has 1 aromatic heterocycles. The predicted molar refractivity (Wildman–Crippen MR) is 88.1 cm³/mol. The largest absolute Gasteiger partial charge is 0.343 e. The number of hydrogen-bond acceptors (Lipinski definition) is 1. The highest BCUT2D eigenvalue weighted by Crippen LogP contribution is 2.22. The summed E-state index contributed by atoms with van der Waals surface area (Å²) in [7, 11) is 0. The van der Waals surface area contributed by atoms with E-state index >= 15 is 0 Å². The number of benzene rings is 2. The van der Waals surface area contributed by atoms with Crippen LogP contribution in [0.3, 0.4) is 0 Å². The summed E-state index contributed by atoms with van der Waals surface area (Å²) in [5, 5.41) is 1.26. The van der Waals surface area contributed by atoms with Crippen molar-refractivity contribution in [1.82, 2.24) is 4.57 Å². The van der Waals surface area contributed by atoms with E-state index in [9.17, 15) is 0 Å². The average Bonchev–Trinajstić information content (AvgIpc) is 2.80. The Hall–Kier alpha value is -1.33. The lowest BCUT2D eigenvalue weighted by atomic mass is 10.2. The summed E-state index contributed by atoms with van der Waals surface area (Å²) >= 11 is 2.33. The van der Waals surface area contributed by atoms with E-state index in [2.05, 4.69) is 81.9 Å². The van der Waals surface area contributed by atoms with E-state index in [1.54, 1.807) is 0 Å². The summed E-state index contributed by atoms with van der Waals surface area (Å²) < 4.78 is 3.54. The van der Waals surface area contributed by atoms with Crippen molar-refractivity contribution in [2.45, 2.75) is 13.1 Å². The van der Waals surface area contributed by atoms with Crippen molar-refractivity contribution in [2.24, 2.45) is 5.73 Å². The Kier molecular flexibility index (Phi) is 3.57. The van der Waals surface area contributed by atoms with Crippen molar-refractivity contribution in [3.05, 3.63) is 69.4 Å². The summed E-state index contributed by atoms with van der Waals surface area (Å²) in [4.78, 5) is 0. The van der Waals surface area contributed by atoms with Crippen LogP contribution in [0.15, 0.2) is 54.7 Å². The minimum absolute atomic E-state index is 0.584. The Morgan fingerprint density at radius 3 is 2.47 bits per heavy atom. The molecule has 3 rings (SSSR count). The predicted octanol–water partition coefficient (Wildman–Crippen LogP) is 3.75. The van der Waals surface area contributed by atoms with E-state index in [-0.39, 0.29) is 0 Å². The molecule has 0 unspecified atom stereocenters. The van der Waals surface area contributed by atoms with E-state index < -0.39 is 0 Å². The highest BCUT2D eigenvalue weighted by atomic mass is 127. The molecule has 0 spiro atoms. The number of halogens is 1. The number of aromatic nitrogens is 1. The molecule has 0 amide bonds. The van der Waals surface area contributed by atoms with Gasteiger partial charge in [-0.3, -0.25) is 0 Å². The third kappa shape index (κ3) is 2.53. The number of hydrogen-bond donors (Lipinski definition) is 1. The molecule has 0 atom stereocenters. The molecule has 0 fully saturated rings. The standard InChI is InChI=1S/C16H15IN2/c17-14-7-5-12(6-8-14)10-19-11-13(9-18)15-3-1-2-4-16(15)19/h1-8,11H,9-10,18H2. The second-order valence-electron chi connectivity index (χ2n) is 4.63. The van der Waals surface area contributed by atoms with Crippen molar-refractivity contribution in [3.8, 4) is 0 Å². The zero-order chi connectivity index (χ0) is 13.2. The van der Waals surface area contributed by atoms with Crippen LogP contribution in [0.2, 0.25) is 0 Å². The highest BCUT2D eigenvalue weighted by molar-refractivity contribution is 14.1. The molecule has 1 heterocycles. The molecule has 0 bridgehead atoms. The maximum atomic E-state index is 5.83. The SMILES string of the molecule is NCc1cn(Cc2ccc(I)cc2)c2ccccc12. The van der Waals surface area contributed by atoms with Gasteiger partial charge in [0.05, 0.1) is 0 Å². The molecule has 0 radical (unpaired) electrons. The van der Waals surface area contributed by atoms with Gasteiger partial charge in [0, 0.05) is 33.8 Å². The average molecular weight is 362 g/mol. The van der Waals surface area contributed by atoms with Crippen LogP contribution >= 0.6 is 22.6 Å². The fraction of sp³-hybridized carbons (Fsp3) is 0.125. The van der Waals surface area contributed by atoms with Crippen LogP contribution in [-0.2, 0) is 13.1 Å². The molecule has 0 saturated carbocycles. The van der Waals surface area contributed by atoms with Crippen LogP contribution in [0, 0.1) is 3.57 Å². The smallest absolute Gasteiger partial charge is 0.0486 e. The minimum atomic E-state index is 0.584. The lowest BCUT2D eigenvalue weighted by molar-refractivity contribution is 0.829. The van der Waals surface area contributed by atoms with Gasteiger partial charge in [-0.25, -0.2) is 0 Å². The van der Waals surface area contributed by atoms with Gasteiger partial charge >= 0.3 is 0 Å². The van der Waals surface area contributed by atoms with Gasteiger partial charge in [0.1, 0.15) is 0 Å². The molecule has 96 valence electrons. The molecule has 3 heteroatoms. The first-order chi connectivity index (χ1) is 9.28. The minimum Gasteiger partial charge on any atom is -0.343 e. The van der Waals surface area contributed by atoms with Crippen molar-refractivity contribution in [2.75, 3.05) is 0 Å². The van der Waals surface area contributed by atoms with Gasteiger partial charge in [0.25, 0.3) is 0 Å². The molecule has 0 saturated heterocycles. The summed E-state index contributed by atoms with van der Waals surface area (Å²) in [6.45, 7) is 1.47. The molecule has 19 heavy (non-hydrogen) atoms. The van der Waals surface area contributed by atoms with Crippen molar-refractivity contribution >= 4 is 33.5 Å². The number of fused-ring (bicyclic) bond motifs is 1. The van der Waals surface area contributed by atoms with Gasteiger partial charge in [-0.05, 0) is 51.9 Å². The Morgan fingerprint density at radius 1 is 1.00 bits per heavy atom. The van der Waals surface area contributed by atoms with Gasteiger partial charge in [0.2, 0.25) is 0 Å². The summed E-state index contributed by atoms with van der Waals surface area (Å²) in [5.74, 6) is 0. The first-order valence-electron chi connectivity index (χ1n) is 6.29. The first-order valence-corrected chi connectivity index (χ1v) is 7.37. The normalized spacial score (nSPS) is 11.1. The monoisotopic (exact) mass is 362 g/mol. The van der Waals surface area contributed by atoms with Gasteiger partial charge in [-0.1, -0.05) is 30.3 Å². The molecule has 2 aromatic carbocycles. The zero-order valence-electron chi connectivity index (χ0n) is 10.5. The molecule has 0 aliphatic rings. The molecule has 0 aliphatic heterocycles. The Morgan fingerprint density at radius 2 is 1.74 bits per heavy atom. The van der Waals surface area contributed by atoms with Gasteiger partial charge in [0.15, 0.2) is 0 Å². The van der Waals surface area contributed by atoms with Crippen LogP contribution < -0.4 is 5.73 Å². The lowest BCUT2D eigenvalue weighted by Crippen LogP contribution is -1.98. The molecule has 2 N–H and O–H groups in total. The second kappa shape index (κ2) is 5.35. The van der Waals surface area contributed by atoms with E-state index in [1.807, 2.05) is 0 Å². The topological polar surface area (TPSA) is 30.9 Å². The van der Waals surface area contributed by atoms with Crippen LogP contribution in [-0.4, -0.2) is 4.57 Å². The highest BCUT2D eigenvalue weighted by Gasteiger charge is 2.06. The fourth-order valence-electron chi connectivity index (χ4n) is 2.40. The van der Waals surface area contributed by atoms with Crippen LogP contribution in [0.4, 0.5) is 0 Å². The van der Waals surface area contributed by atoms with Gasteiger partial charge in [-0.15, -0.1) is 0 Å². The van der Waals surface area contributed by atoms with Crippen molar-refractivity contribution in [3.63, 3.8) is 0 Å². The summed E-state index contributed by atoms with van der Waals surface area (Å²) in [6, 6.07) is 17.1. The van der Waals surface area contributed by atoms with Crippen molar-refractivity contribution < 1.29 is 0 Å². The van der Waals surface area contributed by atoms with Gasteiger partial charge < -0.3 is 10.3 Å². The van der Waals surface area contributed by atoms with Crippen LogP contribution in [0.5, 0.6) is 0 Å². The molecular formula is C16H15IN2. The number of para-hydroxylation sites is 1. The molecule has 2 nitrogen and oxygen atoms in total. The lowest BCUT2D eigenvalue weighted by Gasteiger charge is -2.05. The maximum Gasteiger partial charge on any atom is 0.0486 e. The quantitative estimate of drug-likeness (QED) is 0.707. The van der Waals surface area contributed by atoms with E-state index in [0.717, 1.165) is 6.54 Å². The Balaban J connectivity index is 2.03. The molecule has 0 aliphatic carbocycles. The van der Waals surface area contributed by atoms with E-state index in [1.165, 1.54) is 25.6 Å². The number of nitrogens with zero attached hydrogens (tertiary/aromatic N) is 1. The number of rotatable bonds is 3. The Labute approximate surface area is 126 Å². The summed E-state index contributed by atoms with van der Waals surface area (Å²) in [5.41, 5.74) is 9.60. The first kappa shape index (κ1) is 12.7. The van der Waals surface area contributed by atoms with Crippen LogP contribution in [0.25, 0.3) is 10.9 Å². The van der Waals surface area contributed by atoms with E-state index in [4.69, 9.17) is 5.73 Å². The van der Waals surface area contributed by atoms with Crippen molar-refractivity contribution in [1.29, 1.82) is 0 Å². The van der Waals surface area contributed by atoms with E-state index in [0.29, 0.717) is 6.54 Å². The van der Waals surface area contributed by atoms with Gasteiger partial charge in [-0.2, -0.15) is 0 Å². The summed E-state index contributed by atoms with van der Waals surface area (Å²) in [6.07, 6.45) is 2.17. The van der Waals surface area contributed by atoms with Crippen LogP contribution in [0.1, 0.15) is 11.1 Å². The molecular weight excluding hydrogens is 347 g/mol. The third-order valence-electron chi connectivity index (χ3n) is 3.36. The molecule has 3 aromatic rings. The Bertz CT molecular complexity index is 698. The zero-order valence-corrected chi connectivity index (χ0v) is 12.7.